The summed E-state index contributed by atoms with van der Waals surface area (Å²) in [6.45, 7) is 5.03. The molecule has 3 nitrogen and oxygen atoms in total. The van der Waals surface area contributed by atoms with Crippen LogP contribution in [0.3, 0.4) is 0 Å². The smallest absolute Gasteiger partial charge is 0.0666 e. The SMILES string of the molecule is CC(C#N)CNCC1CCCCN1C. The van der Waals surface area contributed by atoms with Gasteiger partial charge in [0.15, 0.2) is 0 Å². The van der Waals surface area contributed by atoms with Crippen LogP contribution in [0.4, 0.5) is 0 Å². The third kappa shape index (κ3) is 3.65. The van der Waals surface area contributed by atoms with Crippen molar-refractivity contribution in [3.63, 3.8) is 0 Å². The first kappa shape index (κ1) is 11.5. The quantitative estimate of drug-likeness (QED) is 0.733. The maximum Gasteiger partial charge on any atom is 0.0666 e. The Labute approximate surface area is 87.1 Å². The minimum Gasteiger partial charge on any atom is -0.314 e. The molecule has 1 aliphatic heterocycles. The number of rotatable bonds is 4. The van der Waals surface area contributed by atoms with Crippen LogP contribution in [0.2, 0.25) is 0 Å². The molecule has 1 N–H and O–H groups in total. The van der Waals surface area contributed by atoms with Crippen LogP contribution in [0.5, 0.6) is 0 Å². The first-order valence-electron chi connectivity index (χ1n) is 5.54. The van der Waals surface area contributed by atoms with Crippen molar-refractivity contribution >= 4 is 0 Å². The van der Waals surface area contributed by atoms with E-state index in [0.717, 1.165) is 13.1 Å². The van der Waals surface area contributed by atoms with Gasteiger partial charge in [0.1, 0.15) is 0 Å². The summed E-state index contributed by atoms with van der Waals surface area (Å²) in [5.41, 5.74) is 0. The van der Waals surface area contributed by atoms with E-state index in [1.807, 2.05) is 6.92 Å². The van der Waals surface area contributed by atoms with Crippen LogP contribution >= 0.6 is 0 Å². The van der Waals surface area contributed by atoms with Gasteiger partial charge in [-0.3, -0.25) is 0 Å². The number of piperidine rings is 1. The zero-order valence-electron chi connectivity index (χ0n) is 9.29. The highest BCUT2D eigenvalue weighted by Gasteiger charge is 2.18. The molecule has 0 aromatic carbocycles. The van der Waals surface area contributed by atoms with E-state index in [2.05, 4.69) is 23.3 Å². The molecule has 1 aliphatic rings. The summed E-state index contributed by atoms with van der Waals surface area (Å²) < 4.78 is 0. The zero-order valence-corrected chi connectivity index (χ0v) is 9.29. The molecule has 1 rings (SSSR count). The van der Waals surface area contributed by atoms with E-state index in [0.29, 0.717) is 6.04 Å². The van der Waals surface area contributed by atoms with Gasteiger partial charge in [0.25, 0.3) is 0 Å². The molecular formula is C11H21N3. The molecule has 0 spiro atoms. The lowest BCUT2D eigenvalue weighted by molar-refractivity contribution is 0.181. The molecule has 0 aliphatic carbocycles. The summed E-state index contributed by atoms with van der Waals surface area (Å²) in [6, 6.07) is 2.91. The Balaban J connectivity index is 2.14. The van der Waals surface area contributed by atoms with Crippen LogP contribution in [0, 0.1) is 17.2 Å². The van der Waals surface area contributed by atoms with E-state index in [4.69, 9.17) is 5.26 Å². The number of hydrogen-bond acceptors (Lipinski definition) is 3. The van der Waals surface area contributed by atoms with E-state index in [1.54, 1.807) is 0 Å². The van der Waals surface area contributed by atoms with Gasteiger partial charge < -0.3 is 10.2 Å². The Morgan fingerprint density at radius 2 is 2.36 bits per heavy atom. The minimum absolute atomic E-state index is 0.129. The normalized spacial score (nSPS) is 25.6. The highest BCUT2D eigenvalue weighted by atomic mass is 15.2. The van der Waals surface area contributed by atoms with Gasteiger partial charge in [0.05, 0.1) is 12.0 Å². The molecule has 80 valence electrons. The lowest BCUT2D eigenvalue weighted by atomic mass is 10.0. The fraction of sp³-hybridized carbons (Fsp3) is 0.909. The average Bonchev–Trinajstić information content (AvgIpc) is 2.20. The standard InChI is InChI=1S/C11H21N3/c1-10(7-12)8-13-9-11-5-3-4-6-14(11)2/h10-11,13H,3-6,8-9H2,1-2H3. The summed E-state index contributed by atoms with van der Waals surface area (Å²) >= 11 is 0. The topological polar surface area (TPSA) is 39.1 Å². The van der Waals surface area contributed by atoms with E-state index in [-0.39, 0.29) is 5.92 Å². The highest BCUT2D eigenvalue weighted by Crippen LogP contribution is 2.13. The van der Waals surface area contributed by atoms with Crippen molar-refractivity contribution in [3.05, 3.63) is 0 Å². The Hall–Kier alpha value is -0.590. The predicted molar refractivity (Wildman–Crippen MR) is 57.9 cm³/mol. The third-order valence-corrected chi connectivity index (χ3v) is 2.97. The molecule has 0 bridgehead atoms. The lowest BCUT2D eigenvalue weighted by Gasteiger charge is -2.32. The van der Waals surface area contributed by atoms with Gasteiger partial charge in [-0.2, -0.15) is 5.26 Å². The number of likely N-dealkylation sites (tertiary alicyclic amines) is 1. The fourth-order valence-corrected chi connectivity index (χ4v) is 1.91. The van der Waals surface area contributed by atoms with Gasteiger partial charge in [-0.05, 0) is 33.4 Å². The van der Waals surface area contributed by atoms with Crippen LogP contribution in [0.25, 0.3) is 0 Å². The molecule has 2 atom stereocenters. The average molecular weight is 195 g/mol. The predicted octanol–water partition coefficient (Wildman–Crippen LogP) is 1.22. The van der Waals surface area contributed by atoms with Crippen LogP contribution in [-0.2, 0) is 0 Å². The summed E-state index contributed by atoms with van der Waals surface area (Å²) in [6.07, 6.45) is 3.98. The molecule has 14 heavy (non-hydrogen) atoms. The van der Waals surface area contributed by atoms with Gasteiger partial charge >= 0.3 is 0 Å². The van der Waals surface area contributed by atoms with E-state index < -0.39 is 0 Å². The fourth-order valence-electron chi connectivity index (χ4n) is 1.91. The van der Waals surface area contributed by atoms with Crippen molar-refractivity contribution in [1.29, 1.82) is 5.26 Å². The number of likely N-dealkylation sites (N-methyl/N-ethyl adjacent to an activating group) is 1. The molecule has 1 heterocycles. The van der Waals surface area contributed by atoms with Gasteiger partial charge in [-0.25, -0.2) is 0 Å². The Bertz CT molecular complexity index is 197. The number of nitrogens with zero attached hydrogens (tertiary/aromatic N) is 2. The molecular weight excluding hydrogens is 174 g/mol. The van der Waals surface area contributed by atoms with Crippen molar-refractivity contribution in [2.24, 2.45) is 5.92 Å². The first-order chi connectivity index (χ1) is 6.74. The Kier molecular flexibility index (Phi) is 4.92. The van der Waals surface area contributed by atoms with Crippen LogP contribution in [0.1, 0.15) is 26.2 Å². The molecule has 0 amide bonds. The lowest BCUT2D eigenvalue weighted by Crippen LogP contribution is -2.43. The number of nitriles is 1. The number of nitrogens with one attached hydrogen (secondary N) is 1. The zero-order chi connectivity index (χ0) is 10.4. The van der Waals surface area contributed by atoms with Gasteiger partial charge in [0, 0.05) is 19.1 Å². The molecule has 0 aromatic heterocycles. The van der Waals surface area contributed by atoms with Crippen LogP contribution in [-0.4, -0.2) is 37.6 Å². The minimum atomic E-state index is 0.129. The Morgan fingerprint density at radius 1 is 1.57 bits per heavy atom. The van der Waals surface area contributed by atoms with Crippen molar-refractivity contribution in [2.75, 3.05) is 26.7 Å². The van der Waals surface area contributed by atoms with Crippen LogP contribution < -0.4 is 5.32 Å². The second-order valence-corrected chi connectivity index (χ2v) is 4.32. The Morgan fingerprint density at radius 3 is 3.00 bits per heavy atom. The van der Waals surface area contributed by atoms with Gasteiger partial charge in [0.2, 0.25) is 0 Å². The third-order valence-electron chi connectivity index (χ3n) is 2.97. The van der Waals surface area contributed by atoms with Crippen LogP contribution in [0.15, 0.2) is 0 Å². The van der Waals surface area contributed by atoms with Crippen molar-refractivity contribution < 1.29 is 0 Å². The molecule has 0 radical (unpaired) electrons. The second kappa shape index (κ2) is 6.00. The first-order valence-corrected chi connectivity index (χ1v) is 5.54. The van der Waals surface area contributed by atoms with Gasteiger partial charge in [-0.1, -0.05) is 6.42 Å². The summed E-state index contributed by atoms with van der Waals surface area (Å²) in [7, 11) is 2.19. The number of hydrogen-bond donors (Lipinski definition) is 1. The van der Waals surface area contributed by atoms with Gasteiger partial charge in [-0.15, -0.1) is 0 Å². The highest BCUT2D eigenvalue weighted by molar-refractivity contribution is 4.82. The monoisotopic (exact) mass is 195 g/mol. The maximum atomic E-state index is 8.62. The van der Waals surface area contributed by atoms with Crippen molar-refractivity contribution in [2.45, 2.75) is 32.2 Å². The van der Waals surface area contributed by atoms with Crippen molar-refractivity contribution in [3.8, 4) is 6.07 Å². The van der Waals surface area contributed by atoms with E-state index >= 15 is 0 Å². The van der Waals surface area contributed by atoms with E-state index in [1.165, 1.54) is 25.8 Å². The molecule has 0 aromatic rings. The summed E-state index contributed by atoms with van der Waals surface area (Å²) in [4.78, 5) is 2.42. The molecule has 1 saturated heterocycles. The largest absolute Gasteiger partial charge is 0.314 e. The molecule has 0 saturated carbocycles. The molecule has 2 unspecified atom stereocenters. The maximum absolute atomic E-state index is 8.62. The second-order valence-electron chi connectivity index (χ2n) is 4.32. The van der Waals surface area contributed by atoms with Crippen molar-refractivity contribution in [1.82, 2.24) is 10.2 Å². The summed E-state index contributed by atoms with van der Waals surface area (Å²) in [5, 5.41) is 12.0. The summed E-state index contributed by atoms with van der Waals surface area (Å²) in [5.74, 6) is 0.129. The van der Waals surface area contributed by atoms with E-state index in [9.17, 15) is 0 Å². The molecule has 3 heteroatoms. The molecule has 1 fully saturated rings.